The van der Waals surface area contributed by atoms with Crippen molar-refractivity contribution in [3.05, 3.63) is 27.8 Å². The Labute approximate surface area is 151 Å². The number of benzene rings is 1. The monoisotopic (exact) mass is 361 g/mol. The maximum Gasteiger partial charge on any atom is 0.315 e. The first-order valence-electron chi connectivity index (χ1n) is 8.85. The van der Waals surface area contributed by atoms with Crippen molar-refractivity contribution in [2.75, 3.05) is 6.61 Å². The van der Waals surface area contributed by atoms with Crippen LogP contribution in [0.25, 0.3) is 0 Å². The zero-order chi connectivity index (χ0) is 18.9. The third-order valence-electron chi connectivity index (χ3n) is 5.58. The molecule has 0 spiro atoms. The maximum atomic E-state index is 12.4. The summed E-state index contributed by atoms with van der Waals surface area (Å²) in [6, 6.07) is 2.63. The van der Waals surface area contributed by atoms with Crippen LogP contribution in [0.5, 0.6) is 11.5 Å². The van der Waals surface area contributed by atoms with E-state index in [1.165, 1.54) is 24.8 Å². The van der Waals surface area contributed by atoms with E-state index in [1.54, 1.807) is 6.92 Å². The fourth-order valence-electron chi connectivity index (χ4n) is 4.18. The van der Waals surface area contributed by atoms with Gasteiger partial charge in [0.25, 0.3) is 0 Å². The molecule has 0 unspecified atom stereocenters. The smallest absolute Gasteiger partial charge is 0.315 e. The van der Waals surface area contributed by atoms with Crippen molar-refractivity contribution in [1.29, 1.82) is 0 Å². The van der Waals surface area contributed by atoms with Crippen LogP contribution in [-0.2, 0) is 4.79 Å². The first kappa shape index (κ1) is 18.2. The number of fused-ring (bicyclic) bond motifs is 1. The average Bonchev–Trinajstić information content (AvgIpc) is 3.23. The number of nitro groups is 1. The van der Waals surface area contributed by atoms with Crippen molar-refractivity contribution in [3.8, 4) is 11.5 Å². The number of aromatic hydroxyl groups is 1. The molecule has 26 heavy (non-hydrogen) atoms. The highest BCUT2D eigenvalue weighted by atomic mass is 16.6. The number of phenolic OH excluding ortho intramolecular Hbond substituents is 1. The first-order valence-corrected chi connectivity index (χ1v) is 8.85. The van der Waals surface area contributed by atoms with Crippen LogP contribution in [-0.4, -0.2) is 28.8 Å². The molecular formula is C18H23N3O5. The number of nitro benzene ring substituents is 1. The number of amides is 1. The Morgan fingerprint density at radius 1 is 1.54 bits per heavy atom. The molecule has 0 aliphatic heterocycles. The zero-order valence-corrected chi connectivity index (χ0v) is 14.9. The average molecular weight is 361 g/mol. The normalized spacial score (nSPS) is 27.0. The van der Waals surface area contributed by atoms with Gasteiger partial charge in [-0.05, 0) is 37.2 Å². The lowest BCUT2D eigenvalue weighted by molar-refractivity contribution is -0.386. The Morgan fingerprint density at radius 3 is 2.92 bits per heavy atom. The predicted molar refractivity (Wildman–Crippen MR) is 95.2 cm³/mol. The molecule has 0 aromatic heterocycles. The number of hydrogen-bond donors (Lipinski definition) is 2. The van der Waals surface area contributed by atoms with Gasteiger partial charge in [0.05, 0.1) is 17.7 Å². The maximum absolute atomic E-state index is 12.4. The lowest BCUT2D eigenvalue weighted by Crippen LogP contribution is -2.22. The first-order chi connectivity index (χ1) is 12.4. The van der Waals surface area contributed by atoms with Crippen LogP contribution in [0.15, 0.2) is 17.2 Å². The van der Waals surface area contributed by atoms with E-state index >= 15 is 0 Å². The van der Waals surface area contributed by atoms with Gasteiger partial charge in [-0.1, -0.05) is 19.8 Å². The lowest BCUT2D eigenvalue weighted by atomic mass is 9.90. The summed E-state index contributed by atoms with van der Waals surface area (Å²) in [7, 11) is 0. The molecular weight excluding hydrogens is 338 g/mol. The van der Waals surface area contributed by atoms with Gasteiger partial charge in [0.2, 0.25) is 11.7 Å². The number of hydrogen-bond acceptors (Lipinski definition) is 6. The molecule has 2 aliphatic carbocycles. The van der Waals surface area contributed by atoms with Gasteiger partial charge in [0.15, 0.2) is 5.75 Å². The van der Waals surface area contributed by atoms with Gasteiger partial charge in [-0.3, -0.25) is 14.9 Å². The van der Waals surface area contributed by atoms with Crippen LogP contribution < -0.4 is 10.2 Å². The summed E-state index contributed by atoms with van der Waals surface area (Å²) in [6.45, 7) is 4.12. The molecule has 1 amide bonds. The van der Waals surface area contributed by atoms with E-state index in [0.717, 1.165) is 19.3 Å². The predicted octanol–water partition coefficient (Wildman–Crippen LogP) is 2.98. The molecule has 2 saturated carbocycles. The molecule has 8 nitrogen and oxygen atoms in total. The molecule has 1 aromatic rings. The lowest BCUT2D eigenvalue weighted by Gasteiger charge is -2.15. The largest absolute Gasteiger partial charge is 0.500 e. The summed E-state index contributed by atoms with van der Waals surface area (Å²) < 4.78 is 5.22. The van der Waals surface area contributed by atoms with E-state index in [-0.39, 0.29) is 29.6 Å². The van der Waals surface area contributed by atoms with E-state index in [0.29, 0.717) is 11.5 Å². The van der Waals surface area contributed by atoms with Crippen molar-refractivity contribution in [2.24, 2.45) is 22.4 Å². The fraction of sp³-hybridized carbons (Fsp3) is 0.556. The second kappa shape index (κ2) is 6.93. The Morgan fingerprint density at radius 2 is 2.31 bits per heavy atom. The third-order valence-corrected chi connectivity index (χ3v) is 5.58. The molecule has 0 heterocycles. The van der Waals surface area contributed by atoms with E-state index in [4.69, 9.17) is 4.74 Å². The van der Waals surface area contributed by atoms with Crippen LogP contribution in [0.3, 0.4) is 0 Å². The molecule has 1 aromatic carbocycles. The molecule has 2 N–H and O–H groups in total. The van der Waals surface area contributed by atoms with Gasteiger partial charge in [-0.2, -0.15) is 5.10 Å². The SMILES string of the molecule is CCOc1cc(/C=N\NC(=O)[C@H]2[C@H]3CCCC[C@@]32C)cc([N+](=O)[O-])c1O. The topological polar surface area (TPSA) is 114 Å². The Hall–Kier alpha value is -2.64. The summed E-state index contributed by atoms with van der Waals surface area (Å²) >= 11 is 0. The molecule has 2 aliphatic rings. The molecule has 8 heteroatoms. The van der Waals surface area contributed by atoms with Crippen LogP contribution in [0, 0.1) is 27.4 Å². The van der Waals surface area contributed by atoms with Crippen molar-refractivity contribution in [2.45, 2.75) is 39.5 Å². The minimum atomic E-state index is -0.691. The van der Waals surface area contributed by atoms with Gasteiger partial charge < -0.3 is 9.84 Å². The van der Waals surface area contributed by atoms with Gasteiger partial charge >= 0.3 is 5.69 Å². The third kappa shape index (κ3) is 3.23. The fourth-order valence-corrected chi connectivity index (χ4v) is 4.18. The minimum Gasteiger partial charge on any atom is -0.500 e. The van der Waals surface area contributed by atoms with E-state index in [2.05, 4.69) is 17.5 Å². The van der Waals surface area contributed by atoms with E-state index in [9.17, 15) is 20.0 Å². The number of phenols is 1. The van der Waals surface area contributed by atoms with Crippen LogP contribution in [0.1, 0.15) is 45.1 Å². The molecule has 3 rings (SSSR count). The van der Waals surface area contributed by atoms with Gasteiger partial charge in [0.1, 0.15) is 0 Å². The Bertz CT molecular complexity index is 763. The number of nitrogens with one attached hydrogen (secondary N) is 1. The number of nitrogens with zero attached hydrogens (tertiary/aromatic N) is 2. The second-order valence-corrected chi connectivity index (χ2v) is 7.15. The van der Waals surface area contributed by atoms with Gasteiger partial charge in [0, 0.05) is 17.5 Å². The molecule has 140 valence electrons. The minimum absolute atomic E-state index is 0.00436. The second-order valence-electron chi connectivity index (χ2n) is 7.15. The van der Waals surface area contributed by atoms with Gasteiger partial charge in [-0.15, -0.1) is 0 Å². The van der Waals surface area contributed by atoms with Gasteiger partial charge in [-0.25, -0.2) is 5.43 Å². The number of hydrazone groups is 1. The highest BCUT2D eigenvalue weighted by Gasteiger charge is 2.64. The highest BCUT2D eigenvalue weighted by molar-refractivity contribution is 5.87. The Balaban J connectivity index is 1.70. The van der Waals surface area contributed by atoms with Crippen molar-refractivity contribution in [3.63, 3.8) is 0 Å². The highest BCUT2D eigenvalue weighted by Crippen LogP contribution is 2.66. The number of carbonyl (C=O) groups is 1. The van der Waals surface area contributed by atoms with Crippen molar-refractivity contribution >= 4 is 17.8 Å². The molecule has 0 radical (unpaired) electrons. The van der Waals surface area contributed by atoms with Crippen molar-refractivity contribution in [1.82, 2.24) is 5.43 Å². The number of ether oxygens (including phenoxy) is 1. The van der Waals surface area contributed by atoms with Crippen LogP contribution in [0.2, 0.25) is 0 Å². The summed E-state index contributed by atoms with van der Waals surface area (Å²) in [6.07, 6.45) is 5.81. The van der Waals surface area contributed by atoms with E-state index < -0.39 is 16.4 Å². The summed E-state index contributed by atoms with van der Waals surface area (Å²) in [4.78, 5) is 22.7. The van der Waals surface area contributed by atoms with Crippen LogP contribution >= 0.6 is 0 Å². The molecule has 0 bridgehead atoms. The number of carbonyl (C=O) groups excluding carboxylic acids is 1. The van der Waals surface area contributed by atoms with E-state index in [1.807, 2.05) is 0 Å². The summed E-state index contributed by atoms with van der Waals surface area (Å²) in [5.41, 5.74) is 2.53. The van der Waals surface area contributed by atoms with Crippen molar-refractivity contribution < 1.29 is 19.6 Å². The Kier molecular flexibility index (Phi) is 4.84. The van der Waals surface area contributed by atoms with Crippen LogP contribution in [0.4, 0.5) is 5.69 Å². The molecule has 2 fully saturated rings. The summed E-state index contributed by atoms with van der Waals surface area (Å²) in [5, 5.41) is 24.9. The quantitative estimate of drug-likeness (QED) is 0.459. The summed E-state index contributed by atoms with van der Waals surface area (Å²) in [5.74, 6) is -0.182. The standard InChI is InChI=1S/C18H23N3O5/c1-3-26-14-9-11(8-13(16(14)22)21(24)25)10-19-20-17(23)15-12-6-4-5-7-18(12,15)2/h8-10,12,15,22H,3-7H2,1-2H3,(H,20,23)/b19-10-/t12-,15-,18+/m1/s1. The number of rotatable bonds is 6. The molecule has 0 saturated heterocycles. The zero-order valence-electron chi connectivity index (χ0n) is 14.9. The molecule has 3 atom stereocenters.